The monoisotopic (exact) mass is 270 g/mol. The molecule has 0 radical (unpaired) electrons. The number of nitrogens with one attached hydrogen (secondary N) is 1. The molecule has 0 aliphatic carbocycles. The second-order valence-electron chi connectivity index (χ2n) is 3.02. The van der Waals surface area contributed by atoms with Gasteiger partial charge in [-0.1, -0.05) is 0 Å². The first-order valence-electron chi connectivity index (χ1n) is 4.40. The molecule has 4 nitrogen and oxygen atoms in total. The summed E-state index contributed by atoms with van der Waals surface area (Å²) in [6.45, 7) is -0.0120. The predicted octanol–water partition coefficient (Wildman–Crippen LogP) is 1.09. The van der Waals surface area contributed by atoms with Crippen molar-refractivity contribution in [1.82, 2.24) is 0 Å². The highest BCUT2D eigenvalue weighted by atomic mass is 79.9. The lowest BCUT2D eigenvalue weighted by molar-refractivity contribution is 0.105. The zero-order valence-corrected chi connectivity index (χ0v) is 9.53. The Kier molecular flexibility index (Phi) is 4.56. The minimum atomic E-state index is -0.785. The first-order valence-corrected chi connectivity index (χ1v) is 5.19. The standard InChI is InChI=1S/C10H11BrN2O2/c11-9-3-7(4-12)1-2-10(9)13-5-8(15)6-14/h1-3,8,13-15H,5-6H2. The molecular formula is C10H11BrN2O2. The molecule has 1 unspecified atom stereocenters. The average Bonchev–Trinajstić information content (AvgIpc) is 2.26. The highest BCUT2D eigenvalue weighted by Crippen LogP contribution is 2.23. The second kappa shape index (κ2) is 5.71. The number of rotatable bonds is 4. The summed E-state index contributed by atoms with van der Waals surface area (Å²) in [7, 11) is 0. The van der Waals surface area contributed by atoms with Crippen LogP contribution < -0.4 is 5.32 Å². The quantitative estimate of drug-likeness (QED) is 0.766. The van der Waals surface area contributed by atoms with E-state index < -0.39 is 6.10 Å². The SMILES string of the molecule is N#Cc1ccc(NCC(O)CO)c(Br)c1. The van der Waals surface area contributed by atoms with Gasteiger partial charge in [0, 0.05) is 16.7 Å². The fourth-order valence-electron chi connectivity index (χ4n) is 1.02. The molecule has 0 bridgehead atoms. The lowest BCUT2D eigenvalue weighted by Gasteiger charge is -2.11. The largest absolute Gasteiger partial charge is 0.394 e. The first kappa shape index (κ1) is 12.0. The third-order valence-corrected chi connectivity index (χ3v) is 2.49. The Morgan fingerprint density at radius 3 is 2.80 bits per heavy atom. The number of halogens is 1. The van der Waals surface area contributed by atoms with E-state index in [2.05, 4.69) is 21.2 Å². The lowest BCUT2D eigenvalue weighted by atomic mass is 10.2. The summed E-state index contributed by atoms with van der Waals surface area (Å²) in [6, 6.07) is 7.13. The van der Waals surface area contributed by atoms with Gasteiger partial charge in [-0.2, -0.15) is 5.26 Å². The van der Waals surface area contributed by atoms with E-state index in [1.54, 1.807) is 18.2 Å². The molecule has 0 aromatic heterocycles. The van der Waals surface area contributed by atoms with Crippen molar-refractivity contribution in [1.29, 1.82) is 5.26 Å². The van der Waals surface area contributed by atoms with Crippen LogP contribution in [0.5, 0.6) is 0 Å². The van der Waals surface area contributed by atoms with Gasteiger partial charge in [-0.15, -0.1) is 0 Å². The van der Waals surface area contributed by atoms with E-state index in [0.29, 0.717) is 5.56 Å². The van der Waals surface area contributed by atoms with Gasteiger partial charge in [0.25, 0.3) is 0 Å². The van der Waals surface area contributed by atoms with Crippen molar-refractivity contribution in [2.45, 2.75) is 6.10 Å². The van der Waals surface area contributed by atoms with Gasteiger partial charge in [-0.05, 0) is 34.1 Å². The minimum Gasteiger partial charge on any atom is -0.394 e. The van der Waals surface area contributed by atoms with Crippen molar-refractivity contribution in [2.75, 3.05) is 18.5 Å². The van der Waals surface area contributed by atoms with Crippen LogP contribution in [0.25, 0.3) is 0 Å². The van der Waals surface area contributed by atoms with Crippen LogP contribution in [0.4, 0.5) is 5.69 Å². The van der Waals surface area contributed by atoms with E-state index in [-0.39, 0.29) is 13.2 Å². The molecular weight excluding hydrogens is 260 g/mol. The molecule has 0 saturated heterocycles. The Balaban J connectivity index is 2.67. The van der Waals surface area contributed by atoms with E-state index in [0.717, 1.165) is 10.2 Å². The number of aliphatic hydroxyl groups is 2. The number of nitrogens with zero attached hydrogens (tertiary/aromatic N) is 1. The summed E-state index contributed by atoms with van der Waals surface area (Å²) < 4.78 is 0.756. The molecule has 0 heterocycles. The Morgan fingerprint density at radius 2 is 2.27 bits per heavy atom. The molecule has 0 saturated carbocycles. The number of hydrogen-bond donors (Lipinski definition) is 3. The van der Waals surface area contributed by atoms with Crippen molar-refractivity contribution in [3.05, 3.63) is 28.2 Å². The van der Waals surface area contributed by atoms with Gasteiger partial charge >= 0.3 is 0 Å². The summed E-state index contributed by atoms with van der Waals surface area (Å²) in [5.74, 6) is 0. The van der Waals surface area contributed by atoms with Crippen molar-refractivity contribution >= 4 is 21.6 Å². The number of hydrogen-bond acceptors (Lipinski definition) is 4. The highest BCUT2D eigenvalue weighted by Gasteiger charge is 2.04. The normalized spacial score (nSPS) is 11.9. The fourth-order valence-corrected chi connectivity index (χ4v) is 1.54. The van der Waals surface area contributed by atoms with Crippen LogP contribution in [0.3, 0.4) is 0 Å². The van der Waals surface area contributed by atoms with Crippen molar-refractivity contribution in [3.63, 3.8) is 0 Å². The zero-order valence-electron chi connectivity index (χ0n) is 7.94. The van der Waals surface area contributed by atoms with Crippen LogP contribution >= 0.6 is 15.9 Å². The molecule has 0 aliphatic heterocycles. The van der Waals surface area contributed by atoms with Crippen LogP contribution in [0.1, 0.15) is 5.56 Å². The van der Waals surface area contributed by atoms with Gasteiger partial charge in [0.05, 0.1) is 24.3 Å². The third-order valence-electron chi connectivity index (χ3n) is 1.84. The first-order chi connectivity index (χ1) is 7.17. The molecule has 0 spiro atoms. The van der Waals surface area contributed by atoms with Crippen LogP contribution in [0, 0.1) is 11.3 Å². The van der Waals surface area contributed by atoms with Crippen molar-refractivity contribution in [2.24, 2.45) is 0 Å². The molecule has 15 heavy (non-hydrogen) atoms. The number of nitriles is 1. The summed E-state index contributed by atoms with van der Waals surface area (Å²) in [4.78, 5) is 0. The van der Waals surface area contributed by atoms with Crippen LogP contribution in [0.15, 0.2) is 22.7 Å². The summed E-state index contributed by atoms with van der Waals surface area (Å²) >= 11 is 3.30. The molecule has 1 aromatic rings. The van der Waals surface area contributed by atoms with E-state index >= 15 is 0 Å². The van der Waals surface area contributed by atoms with E-state index in [4.69, 9.17) is 15.5 Å². The third kappa shape index (κ3) is 3.51. The lowest BCUT2D eigenvalue weighted by Crippen LogP contribution is -2.23. The van der Waals surface area contributed by atoms with Gasteiger partial charge in [0.2, 0.25) is 0 Å². The minimum absolute atomic E-state index is 0.265. The summed E-state index contributed by atoms with van der Waals surface area (Å²) in [6.07, 6.45) is -0.785. The Morgan fingerprint density at radius 1 is 1.53 bits per heavy atom. The van der Waals surface area contributed by atoms with E-state index in [1.165, 1.54) is 0 Å². The summed E-state index contributed by atoms with van der Waals surface area (Å²) in [5.41, 5.74) is 1.34. The maximum Gasteiger partial charge on any atom is 0.0992 e. The second-order valence-corrected chi connectivity index (χ2v) is 3.88. The number of benzene rings is 1. The Hall–Kier alpha value is -1.09. The molecule has 0 aliphatic rings. The van der Waals surface area contributed by atoms with Crippen LogP contribution in [-0.4, -0.2) is 29.5 Å². The van der Waals surface area contributed by atoms with E-state index in [9.17, 15) is 0 Å². The van der Waals surface area contributed by atoms with Crippen molar-refractivity contribution in [3.8, 4) is 6.07 Å². The maximum absolute atomic E-state index is 9.13. The van der Waals surface area contributed by atoms with Crippen LogP contribution in [0.2, 0.25) is 0 Å². The van der Waals surface area contributed by atoms with Gasteiger partial charge in [-0.25, -0.2) is 0 Å². The number of aliphatic hydroxyl groups excluding tert-OH is 2. The Labute approximate surface area is 96.3 Å². The molecule has 80 valence electrons. The maximum atomic E-state index is 9.13. The molecule has 0 fully saturated rings. The zero-order chi connectivity index (χ0) is 11.3. The van der Waals surface area contributed by atoms with E-state index in [1.807, 2.05) is 6.07 Å². The topological polar surface area (TPSA) is 76.3 Å². The molecule has 1 rings (SSSR count). The highest BCUT2D eigenvalue weighted by molar-refractivity contribution is 9.10. The van der Waals surface area contributed by atoms with Crippen LogP contribution in [-0.2, 0) is 0 Å². The average molecular weight is 271 g/mol. The number of anilines is 1. The Bertz CT molecular complexity index is 376. The van der Waals surface area contributed by atoms with Gasteiger partial charge < -0.3 is 15.5 Å². The smallest absolute Gasteiger partial charge is 0.0992 e. The van der Waals surface area contributed by atoms with Crippen molar-refractivity contribution < 1.29 is 10.2 Å². The van der Waals surface area contributed by atoms with Gasteiger partial charge in [0.1, 0.15) is 0 Å². The fraction of sp³-hybridized carbons (Fsp3) is 0.300. The molecule has 3 N–H and O–H groups in total. The van der Waals surface area contributed by atoms with Gasteiger partial charge in [0.15, 0.2) is 0 Å². The molecule has 0 amide bonds. The molecule has 5 heteroatoms. The molecule has 1 aromatic carbocycles. The van der Waals surface area contributed by atoms with Gasteiger partial charge in [-0.3, -0.25) is 0 Å². The summed E-state index contributed by atoms with van der Waals surface area (Å²) in [5, 5.41) is 29.3. The predicted molar refractivity (Wildman–Crippen MR) is 60.4 cm³/mol. The molecule has 1 atom stereocenters.